The van der Waals surface area contributed by atoms with E-state index in [1.54, 1.807) is 0 Å². The number of furan rings is 1. The Morgan fingerprint density at radius 3 is 2.28 bits per heavy atom. The van der Waals surface area contributed by atoms with E-state index in [0.29, 0.717) is 0 Å². The average molecular weight is 458 g/mol. The maximum Gasteiger partial charge on any atom is 0.134 e. The van der Waals surface area contributed by atoms with Gasteiger partial charge in [0.05, 0.1) is 12.1 Å². The number of para-hydroxylation sites is 1. The number of piperazine rings is 1. The lowest BCUT2D eigenvalue weighted by atomic mass is 10.0. The molecular weight excluding hydrogens is 431 g/mol. The fourth-order valence-electron chi connectivity index (χ4n) is 3.92. The lowest BCUT2D eigenvalue weighted by Gasteiger charge is -2.39. The summed E-state index contributed by atoms with van der Waals surface area (Å²) in [5.41, 5.74) is 2.10. The molecule has 0 radical (unpaired) electrons. The summed E-state index contributed by atoms with van der Waals surface area (Å²) in [4.78, 5) is 4.78. The standard InChI is InChI=1S/C22H25ClN2O2.2ClH/c1-16(26)15-24-10-12-25(13-11-24)22(17-6-8-19(23)9-7-17)21-14-18-4-2-3-5-20(18)27-21;;/h2-9,14,16,22,26H,10-13,15H2,1H3;2*1H. The van der Waals surface area contributed by atoms with Crippen molar-refractivity contribution in [3.63, 3.8) is 0 Å². The molecule has 0 spiro atoms. The molecule has 3 aromatic rings. The first kappa shape index (κ1) is 24.0. The third-order valence-corrected chi connectivity index (χ3v) is 5.45. The number of hydrogen-bond acceptors (Lipinski definition) is 4. The molecule has 1 fully saturated rings. The summed E-state index contributed by atoms with van der Waals surface area (Å²) in [7, 11) is 0. The zero-order valence-corrected chi connectivity index (χ0v) is 18.7. The maximum atomic E-state index is 9.66. The fraction of sp³-hybridized carbons (Fsp3) is 0.364. The van der Waals surface area contributed by atoms with Crippen LogP contribution < -0.4 is 0 Å². The van der Waals surface area contributed by atoms with Crippen molar-refractivity contribution >= 4 is 47.4 Å². The number of nitrogens with zero attached hydrogens (tertiary/aromatic N) is 2. The Morgan fingerprint density at radius 1 is 1.00 bits per heavy atom. The first-order chi connectivity index (χ1) is 13.1. The summed E-state index contributed by atoms with van der Waals surface area (Å²) < 4.78 is 6.23. The van der Waals surface area contributed by atoms with Gasteiger partial charge in [-0.2, -0.15) is 0 Å². The molecule has 0 amide bonds. The fourth-order valence-corrected chi connectivity index (χ4v) is 4.04. The SMILES string of the molecule is CC(O)CN1CCN(C(c2ccc(Cl)cc2)c2cc3ccccc3o2)CC1.Cl.Cl. The van der Waals surface area contributed by atoms with Gasteiger partial charge in [0.2, 0.25) is 0 Å². The van der Waals surface area contributed by atoms with E-state index in [2.05, 4.69) is 34.1 Å². The van der Waals surface area contributed by atoms with Gasteiger partial charge >= 0.3 is 0 Å². The topological polar surface area (TPSA) is 39.9 Å². The van der Waals surface area contributed by atoms with Crippen molar-refractivity contribution in [1.29, 1.82) is 0 Å². The molecule has 2 unspecified atom stereocenters. The molecular formula is C22H27Cl3N2O2. The number of hydrogen-bond donors (Lipinski definition) is 1. The molecule has 1 aliphatic heterocycles. The lowest BCUT2D eigenvalue weighted by molar-refractivity contribution is 0.0656. The van der Waals surface area contributed by atoms with Gasteiger partial charge in [0, 0.05) is 43.1 Å². The quantitative estimate of drug-likeness (QED) is 0.584. The third kappa shape index (κ3) is 5.66. The molecule has 1 aromatic heterocycles. The van der Waals surface area contributed by atoms with Crippen LogP contribution >= 0.6 is 36.4 Å². The highest BCUT2D eigenvalue weighted by Gasteiger charge is 2.29. The van der Waals surface area contributed by atoms with Gasteiger partial charge in [0.25, 0.3) is 0 Å². The highest BCUT2D eigenvalue weighted by molar-refractivity contribution is 6.30. The second kappa shape index (κ2) is 10.7. The summed E-state index contributed by atoms with van der Waals surface area (Å²) in [6.07, 6.45) is -0.293. The van der Waals surface area contributed by atoms with Crippen LogP contribution in [0.5, 0.6) is 0 Å². The molecule has 2 aromatic carbocycles. The van der Waals surface area contributed by atoms with Crippen LogP contribution in [0.1, 0.15) is 24.3 Å². The minimum Gasteiger partial charge on any atom is -0.459 e. The number of fused-ring (bicyclic) bond motifs is 1. The van der Waals surface area contributed by atoms with E-state index < -0.39 is 0 Å². The first-order valence-electron chi connectivity index (χ1n) is 9.48. The van der Waals surface area contributed by atoms with E-state index in [1.165, 1.54) is 5.56 Å². The minimum atomic E-state index is -0.293. The molecule has 7 heteroatoms. The second-order valence-corrected chi connectivity index (χ2v) is 7.76. The van der Waals surface area contributed by atoms with Crippen LogP contribution in [0.15, 0.2) is 59.0 Å². The zero-order valence-electron chi connectivity index (χ0n) is 16.3. The van der Waals surface area contributed by atoms with Gasteiger partial charge in [-0.05, 0) is 36.8 Å². The van der Waals surface area contributed by atoms with Crippen molar-refractivity contribution in [2.45, 2.75) is 19.1 Å². The van der Waals surface area contributed by atoms with Gasteiger partial charge in [-0.1, -0.05) is 41.9 Å². The van der Waals surface area contributed by atoms with Crippen LogP contribution in [-0.2, 0) is 0 Å². The first-order valence-corrected chi connectivity index (χ1v) is 9.86. The number of β-amino-alcohol motifs (C(OH)–C–C–N with tert-alkyl or cyclic N) is 1. The number of rotatable bonds is 5. The van der Waals surface area contributed by atoms with Crippen molar-refractivity contribution in [2.75, 3.05) is 32.7 Å². The monoisotopic (exact) mass is 456 g/mol. The Labute approximate surface area is 189 Å². The van der Waals surface area contributed by atoms with Crippen LogP contribution in [0.25, 0.3) is 11.0 Å². The molecule has 2 atom stereocenters. The van der Waals surface area contributed by atoms with Gasteiger partial charge in [-0.15, -0.1) is 24.8 Å². The van der Waals surface area contributed by atoms with Crippen LogP contribution in [0.2, 0.25) is 5.02 Å². The average Bonchev–Trinajstić information content (AvgIpc) is 3.08. The Balaban J connectivity index is 0.00000150. The molecule has 29 heavy (non-hydrogen) atoms. The Bertz CT molecular complexity index is 857. The number of aliphatic hydroxyl groups excluding tert-OH is 1. The smallest absolute Gasteiger partial charge is 0.134 e. The Morgan fingerprint density at radius 2 is 1.66 bits per heavy atom. The summed E-state index contributed by atoms with van der Waals surface area (Å²) in [5.74, 6) is 0.961. The maximum absolute atomic E-state index is 9.66. The van der Waals surface area contributed by atoms with Crippen LogP contribution in [-0.4, -0.2) is 53.7 Å². The zero-order chi connectivity index (χ0) is 18.8. The van der Waals surface area contributed by atoms with E-state index in [0.717, 1.165) is 54.5 Å². The molecule has 158 valence electrons. The molecule has 2 heterocycles. The predicted molar refractivity (Wildman–Crippen MR) is 124 cm³/mol. The highest BCUT2D eigenvalue weighted by Crippen LogP contribution is 2.34. The van der Waals surface area contributed by atoms with Gasteiger partial charge in [0.1, 0.15) is 11.3 Å². The normalized spacial score (nSPS) is 17.3. The second-order valence-electron chi connectivity index (χ2n) is 7.33. The Kier molecular flexibility index (Phi) is 8.83. The summed E-state index contributed by atoms with van der Waals surface area (Å²) in [6, 6.07) is 18.4. The molecule has 0 saturated carbocycles. The van der Waals surface area contributed by atoms with Gasteiger partial charge < -0.3 is 9.52 Å². The van der Waals surface area contributed by atoms with Crippen molar-refractivity contribution in [1.82, 2.24) is 9.80 Å². The summed E-state index contributed by atoms with van der Waals surface area (Å²) in [5, 5.41) is 11.5. The van der Waals surface area contributed by atoms with E-state index >= 15 is 0 Å². The largest absolute Gasteiger partial charge is 0.459 e. The molecule has 1 N–H and O–H groups in total. The van der Waals surface area contributed by atoms with E-state index in [9.17, 15) is 5.11 Å². The van der Waals surface area contributed by atoms with Crippen molar-refractivity contribution < 1.29 is 9.52 Å². The molecule has 0 aliphatic carbocycles. The molecule has 0 bridgehead atoms. The Hall–Kier alpha value is -1.27. The van der Waals surface area contributed by atoms with Crippen molar-refractivity contribution in [3.8, 4) is 0 Å². The van der Waals surface area contributed by atoms with E-state index in [1.807, 2.05) is 37.3 Å². The van der Waals surface area contributed by atoms with Gasteiger partial charge in [0.15, 0.2) is 0 Å². The molecule has 1 saturated heterocycles. The van der Waals surface area contributed by atoms with Gasteiger partial charge in [-0.3, -0.25) is 9.80 Å². The molecule has 4 rings (SSSR count). The molecule has 1 aliphatic rings. The third-order valence-electron chi connectivity index (χ3n) is 5.19. The summed E-state index contributed by atoms with van der Waals surface area (Å²) in [6.45, 7) is 6.31. The number of benzene rings is 2. The number of halogens is 3. The summed E-state index contributed by atoms with van der Waals surface area (Å²) >= 11 is 6.11. The number of aliphatic hydroxyl groups is 1. The van der Waals surface area contributed by atoms with Crippen LogP contribution in [0.4, 0.5) is 0 Å². The van der Waals surface area contributed by atoms with E-state index in [4.69, 9.17) is 16.0 Å². The van der Waals surface area contributed by atoms with Crippen LogP contribution in [0, 0.1) is 0 Å². The predicted octanol–water partition coefficient (Wildman–Crippen LogP) is 5.02. The van der Waals surface area contributed by atoms with E-state index in [-0.39, 0.29) is 37.0 Å². The van der Waals surface area contributed by atoms with Crippen LogP contribution in [0.3, 0.4) is 0 Å². The highest BCUT2D eigenvalue weighted by atomic mass is 35.5. The van der Waals surface area contributed by atoms with Gasteiger partial charge in [-0.25, -0.2) is 0 Å². The van der Waals surface area contributed by atoms with Crippen molar-refractivity contribution in [2.24, 2.45) is 0 Å². The minimum absolute atomic E-state index is 0. The van der Waals surface area contributed by atoms with Crippen molar-refractivity contribution in [3.05, 3.63) is 70.9 Å². The lowest BCUT2D eigenvalue weighted by Crippen LogP contribution is -2.49. The molecule has 4 nitrogen and oxygen atoms in total.